The van der Waals surface area contributed by atoms with E-state index < -0.39 is 11.6 Å². The molecule has 0 heterocycles. The molecule has 0 radical (unpaired) electrons. The van der Waals surface area contributed by atoms with Crippen LogP contribution in [0, 0.1) is 11.6 Å². The number of hydrogen-bond donors (Lipinski definition) is 1. The second kappa shape index (κ2) is 6.33. The molecule has 1 aromatic carbocycles. The maximum atomic E-state index is 13.2. The zero-order valence-corrected chi connectivity index (χ0v) is 9.22. The van der Waals surface area contributed by atoms with E-state index >= 15 is 0 Å². The summed E-state index contributed by atoms with van der Waals surface area (Å²) in [5, 5.41) is 2.91. The lowest BCUT2D eigenvalue weighted by Crippen LogP contribution is -2.12. The molecule has 0 aromatic heterocycles. The third-order valence-electron chi connectivity index (χ3n) is 2.32. The molecule has 0 aliphatic heterocycles. The van der Waals surface area contributed by atoms with Crippen molar-refractivity contribution in [2.24, 2.45) is 0 Å². The van der Waals surface area contributed by atoms with Gasteiger partial charge in [0, 0.05) is 18.4 Å². The van der Waals surface area contributed by atoms with Crippen LogP contribution in [-0.4, -0.2) is 19.4 Å². The van der Waals surface area contributed by atoms with Crippen molar-refractivity contribution in [1.82, 2.24) is 5.32 Å². The number of nitrogens with one attached hydrogen (secondary N) is 1. The van der Waals surface area contributed by atoms with E-state index in [4.69, 9.17) is 0 Å². The highest BCUT2D eigenvalue weighted by atomic mass is 19.1. The molecule has 0 aliphatic rings. The van der Waals surface area contributed by atoms with Crippen molar-refractivity contribution in [2.45, 2.75) is 19.3 Å². The molecule has 0 amide bonds. The number of carbonyl (C=O) groups is 1. The molecule has 1 aromatic rings. The van der Waals surface area contributed by atoms with Gasteiger partial charge in [0.2, 0.25) is 0 Å². The quantitative estimate of drug-likeness (QED) is 0.754. The van der Waals surface area contributed by atoms with Gasteiger partial charge in [-0.25, -0.2) is 8.78 Å². The lowest BCUT2D eigenvalue weighted by atomic mass is 10.0. The Bertz CT molecular complexity index is 346. The highest BCUT2D eigenvalue weighted by molar-refractivity contribution is 5.80. The average molecular weight is 227 g/mol. The van der Waals surface area contributed by atoms with Gasteiger partial charge in [-0.1, -0.05) is 6.07 Å². The van der Waals surface area contributed by atoms with Gasteiger partial charge < -0.3 is 5.32 Å². The van der Waals surface area contributed by atoms with Crippen molar-refractivity contribution in [2.75, 3.05) is 13.6 Å². The molecule has 16 heavy (non-hydrogen) atoms. The maximum Gasteiger partial charge on any atom is 0.137 e. The Balaban J connectivity index is 2.56. The Morgan fingerprint density at radius 1 is 1.31 bits per heavy atom. The SMILES string of the molecule is CNCCCC(=O)Cc1c(F)cccc1F. The minimum Gasteiger partial charge on any atom is -0.320 e. The normalized spacial score (nSPS) is 10.4. The van der Waals surface area contributed by atoms with Crippen LogP contribution in [0.4, 0.5) is 8.78 Å². The fourth-order valence-electron chi connectivity index (χ4n) is 1.45. The first kappa shape index (κ1) is 12.8. The molecule has 1 N–H and O–H groups in total. The fourth-order valence-corrected chi connectivity index (χ4v) is 1.45. The van der Waals surface area contributed by atoms with Crippen molar-refractivity contribution in [3.63, 3.8) is 0 Å². The summed E-state index contributed by atoms with van der Waals surface area (Å²) in [4.78, 5) is 11.4. The van der Waals surface area contributed by atoms with Gasteiger partial charge in [0.1, 0.15) is 17.4 Å². The van der Waals surface area contributed by atoms with Gasteiger partial charge in [-0.15, -0.1) is 0 Å². The summed E-state index contributed by atoms with van der Waals surface area (Å²) >= 11 is 0. The number of ketones is 1. The van der Waals surface area contributed by atoms with E-state index in [0.29, 0.717) is 12.8 Å². The highest BCUT2D eigenvalue weighted by Crippen LogP contribution is 2.13. The smallest absolute Gasteiger partial charge is 0.137 e. The van der Waals surface area contributed by atoms with Crippen LogP contribution in [0.15, 0.2) is 18.2 Å². The van der Waals surface area contributed by atoms with Crippen LogP contribution in [0.3, 0.4) is 0 Å². The first-order valence-electron chi connectivity index (χ1n) is 5.24. The highest BCUT2D eigenvalue weighted by Gasteiger charge is 2.12. The molecular weight excluding hydrogens is 212 g/mol. The van der Waals surface area contributed by atoms with Crippen LogP contribution in [0.2, 0.25) is 0 Å². The standard InChI is InChI=1S/C12H15F2NO/c1-15-7-3-4-9(16)8-10-11(13)5-2-6-12(10)14/h2,5-6,15H,3-4,7-8H2,1H3. The molecule has 0 unspecified atom stereocenters. The minimum atomic E-state index is -0.651. The summed E-state index contributed by atoms with van der Waals surface area (Å²) in [6.07, 6.45) is 0.863. The van der Waals surface area contributed by atoms with E-state index in [0.717, 1.165) is 6.54 Å². The lowest BCUT2D eigenvalue weighted by Gasteiger charge is -2.04. The summed E-state index contributed by atoms with van der Waals surface area (Å²) in [5.41, 5.74) is -0.128. The van der Waals surface area contributed by atoms with Crippen LogP contribution in [0.1, 0.15) is 18.4 Å². The number of Topliss-reactive ketones (excluding diaryl/α,β-unsaturated/α-hetero) is 1. The van der Waals surface area contributed by atoms with Crippen molar-refractivity contribution in [3.8, 4) is 0 Å². The largest absolute Gasteiger partial charge is 0.320 e. The van der Waals surface area contributed by atoms with Crippen molar-refractivity contribution in [1.29, 1.82) is 0 Å². The summed E-state index contributed by atoms with van der Waals surface area (Å²) in [7, 11) is 1.79. The predicted molar refractivity (Wildman–Crippen MR) is 58.2 cm³/mol. The summed E-state index contributed by atoms with van der Waals surface area (Å²) < 4.78 is 26.4. The third-order valence-corrected chi connectivity index (χ3v) is 2.32. The van der Waals surface area contributed by atoms with E-state index in [1.165, 1.54) is 18.2 Å². The minimum absolute atomic E-state index is 0.128. The fraction of sp³-hybridized carbons (Fsp3) is 0.417. The first-order chi connectivity index (χ1) is 7.65. The van der Waals surface area contributed by atoms with Crippen LogP contribution >= 0.6 is 0 Å². The van der Waals surface area contributed by atoms with Crippen LogP contribution in [-0.2, 0) is 11.2 Å². The summed E-state index contributed by atoms with van der Waals surface area (Å²) in [5.74, 6) is -1.44. The van der Waals surface area contributed by atoms with Crippen molar-refractivity contribution in [3.05, 3.63) is 35.4 Å². The lowest BCUT2D eigenvalue weighted by molar-refractivity contribution is -0.118. The molecule has 88 valence electrons. The van der Waals surface area contributed by atoms with Gasteiger partial charge in [-0.05, 0) is 32.1 Å². The second-order valence-electron chi connectivity index (χ2n) is 3.62. The van der Waals surface area contributed by atoms with Gasteiger partial charge in [0.05, 0.1) is 0 Å². The van der Waals surface area contributed by atoms with Gasteiger partial charge in [-0.3, -0.25) is 4.79 Å². The number of halogens is 2. The number of benzene rings is 1. The monoisotopic (exact) mass is 227 g/mol. The molecule has 0 atom stereocenters. The van der Waals surface area contributed by atoms with Gasteiger partial charge in [0.25, 0.3) is 0 Å². The zero-order valence-electron chi connectivity index (χ0n) is 9.22. The van der Waals surface area contributed by atoms with E-state index in [1.807, 2.05) is 0 Å². The van der Waals surface area contributed by atoms with Gasteiger partial charge >= 0.3 is 0 Å². The van der Waals surface area contributed by atoms with Gasteiger partial charge in [0.15, 0.2) is 0 Å². The molecule has 2 nitrogen and oxygen atoms in total. The molecule has 0 aliphatic carbocycles. The van der Waals surface area contributed by atoms with Crippen molar-refractivity contribution >= 4 is 5.78 Å². The van der Waals surface area contributed by atoms with E-state index in [1.54, 1.807) is 7.05 Å². The maximum absolute atomic E-state index is 13.2. The van der Waals surface area contributed by atoms with Crippen molar-refractivity contribution < 1.29 is 13.6 Å². The third kappa shape index (κ3) is 3.70. The van der Waals surface area contributed by atoms with Gasteiger partial charge in [-0.2, -0.15) is 0 Å². The molecule has 1 rings (SSSR count). The Morgan fingerprint density at radius 2 is 1.94 bits per heavy atom. The first-order valence-corrected chi connectivity index (χ1v) is 5.24. The average Bonchev–Trinajstić information content (AvgIpc) is 2.24. The zero-order chi connectivity index (χ0) is 12.0. The number of rotatable bonds is 6. The Kier molecular flexibility index (Phi) is 5.05. The van der Waals surface area contributed by atoms with Crippen LogP contribution in [0.25, 0.3) is 0 Å². The molecule has 4 heteroatoms. The van der Waals surface area contributed by atoms with E-state index in [9.17, 15) is 13.6 Å². The molecule has 0 saturated heterocycles. The molecular formula is C12H15F2NO. The summed E-state index contributed by atoms with van der Waals surface area (Å²) in [6.45, 7) is 0.728. The Hall–Kier alpha value is -1.29. The number of hydrogen-bond acceptors (Lipinski definition) is 2. The second-order valence-corrected chi connectivity index (χ2v) is 3.62. The number of carbonyl (C=O) groups excluding carboxylic acids is 1. The van der Waals surface area contributed by atoms with E-state index in [-0.39, 0.29) is 17.8 Å². The van der Waals surface area contributed by atoms with Crippen LogP contribution < -0.4 is 5.32 Å². The molecule has 0 fully saturated rings. The van der Waals surface area contributed by atoms with Crippen LogP contribution in [0.5, 0.6) is 0 Å². The molecule has 0 spiro atoms. The Morgan fingerprint density at radius 3 is 2.50 bits per heavy atom. The molecule has 0 saturated carbocycles. The Labute approximate surface area is 93.7 Å². The molecule has 0 bridgehead atoms. The predicted octanol–water partition coefficient (Wildman–Crippen LogP) is 2.08. The summed E-state index contributed by atoms with van der Waals surface area (Å²) in [6, 6.07) is 3.62. The topological polar surface area (TPSA) is 29.1 Å². The van der Waals surface area contributed by atoms with E-state index in [2.05, 4.69) is 5.32 Å².